The molecule has 0 bridgehead atoms. The summed E-state index contributed by atoms with van der Waals surface area (Å²) >= 11 is 0. The summed E-state index contributed by atoms with van der Waals surface area (Å²) in [6.45, 7) is 0.269. The molecule has 0 aromatic carbocycles. The molecule has 0 amide bonds. The Hall–Kier alpha value is -0.610. The third-order valence-electron chi connectivity index (χ3n) is 3.61. The van der Waals surface area contributed by atoms with Crippen molar-refractivity contribution >= 4 is 5.97 Å². The van der Waals surface area contributed by atoms with Crippen LogP contribution in [0.15, 0.2) is 0 Å². The molecule has 0 aromatic heterocycles. The molecule has 0 saturated carbocycles. The maximum atomic E-state index is 10.2. The van der Waals surface area contributed by atoms with Crippen LogP contribution in [-0.4, -0.2) is 28.9 Å². The number of aliphatic hydroxyl groups is 2. The van der Waals surface area contributed by atoms with Crippen LogP contribution in [0.5, 0.6) is 0 Å². The van der Waals surface area contributed by atoms with Crippen LogP contribution in [0.25, 0.3) is 0 Å². The molecule has 0 aliphatic rings. The zero-order valence-corrected chi connectivity index (χ0v) is 12.7. The van der Waals surface area contributed by atoms with Crippen LogP contribution in [0.3, 0.4) is 0 Å². The van der Waals surface area contributed by atoms with Crippen molar-refractivity contribution in [3.8, 4) is 0 Å². The Kier molecular flexibility index (Phi) is 14.3. The number of aliphatic carboxylic acids is 1. The van der Waals surface area contributed by atoms with Gasteiger partial charge in [0.1, 0.15) is 0 Å². The summed E-state index contributed by atoms with van der Waals surface area (Å²) in [4.78, 5) is 10.2. The molecule has 0 aliphatic carbocycles. The Morgan fingerprint density at radius 1 is 0.800 bits per heavy atom. The number of carboxylic acids is 1. The molecule has 0 spiro atoms. The second-order valence-corrected chi connectivity index (χ2v) is 5.61. The number of unbranched alkanes of at least 4 members (excludes halogenated alkanes) is 8. The molecule has 0 rings (SSSR count). The quantitative estimate of drug-likeness (QED) is 0.452. The van der Waals surface area contributed by atoms with Crippen molar-refractivity contribution in [2.24, 2.45) is 0 Å². The van der Waals surface area contributed by atoms with Gasteiger partial charge in [-0.25, -0.2) is 0 Å². The van der Waals surface area contributed by atoms with Crippen molar-refractivity contribution in [1.82, 2.24) is 0 Å². The van der Waals surface area contributed by atoms with Gasteiger partial charge in [0, 0.05) is 12.6 Å². The standard InChI is InChI=1S/C16H32O4/c17-14-10-6-5-8-12-15(18)11-7-3-1-2-4-9-13-16(19)20/h15,17-18H,1-14H2,(H,19,20)/p-1. The molecule has 2 N–H and O–H groups in total. The van der Waals surface area contributed by atoms with Crippen LogP contribution in [-0.2, 0) is 4.79 Å². The van der Waals surface area contributed by atoms with E-state index in [0.29, 0.717) is 0 Å². The average Bonchev–Trinajstić information content (AvgIpc) is 2.41. The normalized spacial score (nSPS) is 12.5. The first-order chi connectivity index (χ1) is 9.66. The first kappa shape index (κ1) is 19.4. The molecular formula is C16H31O4-. The van der Waals surface area contributed by atoms with E-state index < -0.39 is 5.97 Å². The fraction of sp³-hybridized carbons (Fsp3) is 0.938. The fourth-order valence-corrected chi connectivity index (χ4v) is 2.35. The molecule has 0 heterocycles. The topological polar surface area (TPSA) is 80.6 Å². The Morgan fingerprint density at radius 3 is 1.75 bits per heavy atom. The average molecular weight is 287 g/mol. The van der Waals surface area contributed by atoms with Crippen LogP contribution in [0.4, 0.5) is 0 Å². The minimum atomic E-state index is -0.952. The minimum Gasteiger partial charge on any atom is -0.550 e. The number of aliphatic hydroxyl groups excluding tert-OH is 2. The van der Waals surface area contributed by atoms with Gasteiger partial charge in [0.15, 0.2) is 0 Å². The molecule has 1 unspecified atom stereocenters. The van der Waals surface area contributed by atoms with E-state index in [1.165, 1.54) is 0 Å². The molecular weight excluding hydrogens is 256 g/mol. The zero-order chi connectivity index (χ0) is 15.1. The lowest BCUT2D eigenvalue weighted by Crippen LogP contribution is -2.21. The van der Waals surface area contributed by atoms with Crippen molar-refractivity contribution in [1.29, 1.82) is 0 Å². The molecule has 0 fully saturated rings. The van der Waals surface area contributed by atoms with Crippen molar-refractivity contribution in [3.63, 3.8) is 0 Å². The number of carboxylic acid groups (broad SMARTS) is 1. The van der Waals surface area contributed by atoms with E-state index in [9.17, 15) is 15.0 Å². The highest BCUT2D eigenvalue weighted by Gasteiger charge is 2.03. The Bertz CT molecular complexity index is 219. The smallest absolute Gasteiger partial charge is 0.0540 e. The van der Waals surface area contributed by atoms with Crippen molar-refractivity contribution in [3.05, 3.63) is 0 Å². The molecule has 120 valence electrons. The van der Waals surface area contributed by atoms with Gasteiger partial charge < -0.3 is 20.1 Å². The summed E-state index contributed by atoms with van der Waals surface area (Å²) in [5.74, 6) is -0.952. The van der Waals surface area contributed by atoms with Gasteiger partial charge in [0.05, 0.1) is 6.10 Å². The monoisotopic (exact) mass is 287 g/mol. The van der Waals surface area contributed by atoms with Gasteiger partial charge in [-0.15, -0.1) is 0 Å². The largest absolute Gasteiger partial charge is 0.550 e. The molecule has 0 radical (unpaired) electrons. The fourth-order valence-electron chi connectivity index (χ4n) is 2.35. The predicted molar refractivity (Wildman–Crippen MR) is 78.1 cm³/mol. The van der Waals surface area contributed by atoms with Crippen LogP contribution >= 0.6 is 0 Å². The van der Waals surface area contributed by atoms with E-state index in [0.717, 1.165) is 77.0 Å². The van der Waals surface area contributed by atoms with E-state index in [2.05, 4.69) is 0 Å². The van der Waals surface area contributed by atoms with Gasteiger partial charge in [0.25, 0.3) is 0 Å². The molecule has 0 saturated heterocycles. The lowest BCUT2D eigenvalue weighted by Gasteiger charge is -2.10. The first-order valence-electron chi connectivity index (χ1n) is 8.15. The second kappa shape index (κ2) is 14.8. The molecule has 1 atom stereocenters. The number of rotatable bonds is 15. The first-order valence-corrected chi connectivity index (χ1v) is 8.15. The summed E-state index contributed by atoms with van der Waals surface area (Å²) in [7, 11) is 0. The predicted octanol–water partition coefficient (Wildman–Crippen LogP) is 2.16. The van der Waals surface area contributed by atoms with Crippen molar-refractivity contribution < 1.29 is 20.1 Å². The minimum absolute atomic E-state index is 0.176. The van der Waals surface area contributed by atoms with E-state index in [-0.39, 0.29) is 19.1 Å². The van der Waals surface area contributed by atoms with Crippen LogP contribution in [0.1, 0.15) is 83.5 Å². The highest BCUT2D eigenvalue weighted by atomic mass is 16.4. The van der Waals surface area contributed by atoms with Crippen LogP contribution in [0.2, 0.25) is 0 Å². The van der Waals surface area contributed by atoms with Gasteiger partial charge >= 0.3 is 0 Å². The van der Waals surface area contributed by atoms with Gasteiger partial charge in [-0.2, -0.15) is 0 Å². The van der Waals surface area contributed by atoms with Crippen LogP contribution < -0.4 is 5.11 Å². The summed E-state index contributed by atoms with van der Waals surface area (Å²) in [5.41, 5.74) is 0. The highest BCUT2D eigenvalue weighted by Crippen LogP contribution is 2.13. The zero-order valence-electron chi connectivity index (χ0n) is 12.7. The number of carbonyl (C=O) groups is 1. The summed E-state index contributed by atoms with van der Waals surface area (Å²) < 4.78 is 0. The Balaban J connectivity index is 3.15. The summed E-state index contributed by atoms with van der Waals surface area (Å²) in [6, 6.07) is 0. The molecule has 4 nitrogen and oxygen atoms in total. The maximum absolute atomic E-state index is 10.2. The van der Waals surface area contributed by atoms with E-state index in [1.807, 2.05) is 0 Å². The Labute approximate surface area is 123 Å². The van der Waals surface area contributed by atoms with Crippen molar-refractivity contribution in [2.45, 2.75) is 89.6 Å². The number of hydrogen-bond acceptors (Lipinski definition) is 4. The molecule has 0 aliphatic heterocycles. The Morgan fingerprint density at radius 2 is 1.25 bits per heavy atom. The number of hydrogen-bond donors (Lipinski definition) is 2. The van der Waals surface area contributed by atoms with E-state index in [1.54, 1.807) is 0 Å². The molecule has 0 aromatic rings. The second-order valence-electron chi connectivity index (χ2n) is 5.61. The third-order valence-corrected chi connectivity index (χ3v) is 3.61. The summed E-state index contributed by atoms with van der Waals surface area (Å²) in [5, 5.41) is 28.6. The van der Waals surface area contributed by atoms with Gasteiger partial charge in [0.2, 0.25) is 0 Å². The van der Waals surface area contributed by atoms with Gasteiger partial charge in [-0.05, 0) is 32.1 Å². The van der Waals surface area contributed by atoms with E-state index in [4.69, 9.17) is 5.11 Å². The maximum Gasteiger partial charge on any atom is 0.0540 e. The molecule has 4 heteroatoms. The molecule has 20 heavy (non-hydrogen) atoms. The summed E-state index contributed by atoms with van der Waals surface area (Å²) in [6.07, 6.45) is 11.9. The van der Waals surface area contributed by atoms with Crippen LogP contribution in [0, 0.1) is 0 Å². The van der Waals surface area contributed by atoms with Gasteiger partial charge in [-0.1, -0.05) is 51.4 Å². The third kappa shape index (κ3) is 15.4. The number of carbonyl (C=O) groups excluding carboxylic acids is 1. The SMILES string of the molecule is O=C([O-])CCCCCCCCC(O)CCCCCCO. The van der Waals surface area contributed by atoms with Crippen molar-refractivity contribution in [2.75, 3.05) is 6.61 Å². The van der Waals surface area contributed by atoms with E-state index >= 15 is 0 Å². The lowest BCUT2D eigenvalue weighted by atomic mass is 10.0. The highest BCUT2D eigenvalue weighted by molar-refractivity contribution is 5.63. The lowest BCUT2D eigenvalue weighted by molar-refractivity contribution is -0.305. The van der Waals surface area contributed by atoms with Gasteiger partial charge in [-0.3, -0.25) is 0 Å².